The van der Waals surface area contributed by atoms with Crippen LogP contribution in [0.1, 0.15) is 5.56 Å². The fraction of sp³-hybridized carbons (Fsp3) is 0.250. The third-order valence-electron chi connectivity index (χ3n) is 4.30. The van der Waals surface area contributed by atoms with E-state index in [9.17, 15) is 9.18 Å². The highest BCUT2D eigenvalue weighted by molar-refractivity contribution is 7.71. The average Bonchev–Trinajstić information content (AvgIpc) is 3.04. The minimum atomic E-state index is -0.319. The summed E-state index contributed by atoms with van der Waals surface area (Å²) in [4.78, 5) is 14.2. The Morgan fingerprint density at radius 2 is 1.89 bits per heavy atom. The second-order valence-corrected chi connectivity index (χ2v) is 6.81. The maximum absolute atomic E-state index is 12.9. The van der Waals surface area contributed by atoms with Crippen molar-refractivity contribution in [1.29, 1.82) is 0 Å². The number of nitrogens with zero attached hydrogens (tertiary/aromatic N) is 3. The number of rotatable bonds is 7. The van der Waals surface area contributed by atoms with Crippen LogP contribution in [0.25, 0.3) is 11.4 Å². The molecule has 3 aromatic rings. The van der Waals surface area contributed by atoms with Crippen molar-refractivity contribution >= 4 is 18.1 Å². The molecule has 3 rings (SSSR count). The van der Waals surface area contributed by atoms with Gasteiger partial charge < -0.3 is 9.64 Å². The first kappa shape index (κ1) is 19.8. The van der Waals surface area contributed by atoms with Gasteiger partial charge in [0.2, 0.25) is 5.91 Å². The predicted molar refractivity (Wildman–Crippen MR) is 107 cm³/mol. The standard InChI is InChI=1S/C20H21FN4O2S/c1-14-3-5-15(6-4-14)19-22-23-20(28)25(19)13-18(26)24(2)11-12-27-17-9-7-16(21)8-10-17/h3-10H,11-13H2,1-2H3,(H,23,28). The van der Waals surface area contributed by atoms with E-state index in [1.165, 1.54) is 12.1 Å². The van der Waals surface area contributed by atoms with E-state index in [1.807, 2.05) is 31.2 Å². The minimum absolute atomic E-state index is 0.0750. The Labute approximate surface area is 167 Å². The Kier molecular flexibility index (Phi) is 6.20. The number of carbonyl (C=O) groups excluding carboxylic acids is 1. The van der Waals surface area contributed by atoms with E-state index in [2.05, 4.69) is 10.2 Å². The summed E-state index contributed by atoms with van der Waals surface area (Å²) in [5.41, 5.74) is 2.02. The molecule has 0 aliphatic carbocycles. The fourth-order valence-corrected chi connectivity index (χ4v) is 2.80. The van der Waals surface area contributed by atoms with Gasteiger partial charge in [0.1, 0.15) is 24.7 Å². The number of amides is 1. The lowest BCUT2D eigenvalue weighted by atomic mass is 10.1. The van der Waals surface area contributed by atoms with Crippen molar-refractivity contribution in [2.45, 2.75) is 13.5 Å². The molecular weight excluding hydrogens is 379 g/mol. The van der Waals surface area contributed by atoms with Gasteiger partial charge in [-0.05, 0) is 43.4 Å². The van der Waals surface area contributed by atoms with Crippen molar-refractivity contribution in [2.24, 2.45) is 0 Å². The molecule has 146 valence electrons. The van der Waals surface area contributed by atoms with Gasteiger partial charge in [0.05, 0.1) is 6.54 Å². The van der Waals surface area contributed by atoms with Crippen molar-refractivity contribution in [3.05, 3.63) is 64.7 Å². The minimum Gasteiger partial charge on any atom is -0.492 e. The Morgan fingerprint density at radius 1 is 1.21 bits per heavy atom. The molecule has 0 radical (unpaired) electrons. The van der Waals surface area contributed by atoms with Gasteiger partial charge in [0.15, 0.2) is 10.6 Å². The molecule has 28 heavy (non-hydrogen) atoms. The van der Waals surface area contributed by atoms with Crippen molar-refractivity contribution in [3.8, 4) is 17.1 Å². The highest BCUT2D eigenvalue weighted by Gasteiger charge is 2.15. The van der Waals surface area contributed by atoms with E-state index in [1.54, 1.807) is 28.6 Å². The monoisotopic (exact) mass is 400 g/mol. The molecule has 2 aromatic carbocycles. The summed E-state index contributed by atoms with van der Waals surface area (Å²) in [7, 11) is 1.70. The third kappa shape index (κ3) is 4.83. The predicted octanol–water partition coefficient (Wildman–Crippen LogP) is 3.59. The summed E-state index contributed by atoms with van der Waals surface area (Å²) in [6.45, 7) is 2.77. The molecule has 0 unspecified atom stereocenters. The number of halogens is 1. The summed E-state index contributed by atoms with van der Waals surface area (Å²) >= 11 is 5.28. The third-order valence-corrected chi connectivity index (χ3v) is 4.61. The van der Waals surface area contributed by atoms with Crippen molar-refractivity contribution < 1.29 is 13.9 Å². The zero-order valence-electron chi connectivity index (χ0n) is 15.7. The maximum atomic E-state index is 12.9. The lowest BCUT2D eigenvalue weighted by Crippen LogP contribution is -2.33. The van der Waals surface area contributed by atoms with E-state index in [4.69, 9.17) is 17.0 Å². The average molecular weight is 400 g/mol. The van der Waals surface area contributed by atoms with E-state index in [0.29, 0.717) is 29.5 Å². The molecule has 0 bridgehead atoms. The number of aromatic amines is 1. The molecule has 1 aromatic heterocycles. The number of ether oxygens (including phenoxy) is 1. The SMILES string of the molecule is Cc1ccc(-c2n[nH]c(=S)n2CC(=O)N(C)CCOc2ccc(F)cc2)cc1. The summed E-state index contributed by atoms with van der Waals surface area (Å²) in [6.07, 6.45) is 0. The van der Waals surface area contributed by atoms with E-state index in [-0.39, 0.29) is 18.3 Å². The first-order valence-corrected chi connectivity index (χ1v) is 9.19. The number of H-pyrrole nitrogens is 1. The maximum Gasteiger partial charge on any atom is 0.242 e. The molecule has 1 amide bonds. The zero-order valence-corrected chi connectivity index (χ0v) is 16.5. The highest BCUT2D eigenvalue weighted by atomic mass is 32.1. The van der Waals surface area contributed by atoms with Crippen molar-refractivity contribution in [3.63, 3.8) is 0 Å². The fourth-order valence-electron chi connectivity index (χ4n) is 2.60. The number of aryl methyl sites for hydroxylation is 1. The summed E-state index contributed by atoms with van der Waals surface area (Å²) in [6, 6.07) is 13.6. The summed E-state index contributed by atoms with van der Waals surface area (Å²) < 4.78 is 20.5. The van der Waals surface area contributed by atoms with Crippen molar-refractivity contribution in [1.82, 2.24) is 19.7 Å². The largest absolute Gasteiger partial charge is 0.492 e. The summed E-state index contributed by atoms with van der Waals surface area (Å²) in [5, 5.41) is 7.01. The molecular formula is C20H21FN4O2S. The van der Waals surface area contributed by atoms with Gasteiger partial charge >= 0.3 is 0 Å². The Bertz CT molecular complexity index is 996. The Morgan fingerprint density at radius 3 is 2.57 bits per heavy atom. The first-order valence-electron chi connectivity index (χ1n) is 8.78. The van der Waals surface area contributed by atoms with Crippen molar-refractivity contribution in [2.75, 3.05) is 20.2 Å². The molecule has 8 heteroatoms. The molecule has 0 fully saturated rings. The molecule has 0 saturated heterocycles. The highest BCUT2D eigenvalue weighted by Crippen LogP contribution is 2.18. The Hall–Kier alpha value is -3.00. The molecule has 0 aliphatic heterocycles. The van der Waals surface area contributed by atoms with Gasteiger partial charge in [-0.15, -0.1) is 0 Å². The number of hydrogen-bond donors (Lipinski definition) is 1. The normalized spacial score (nSPS) is 10.7. The lowest BCUT2D eigenvalue weighted by Gasteiger charge is -2.18. The number of benzene rings is 2. The zero-order chi connectivity index (χ0) is 20.1. The Balaban J connectivity index is 1.61. The van der Waals surface area contributed by atoms with Crippen LogP contribution in [-0.4, -0.2) is 45.8 Å². The van der Waals surface area contributed by atoms with Gasteiger partial charge in [-0.1, -0.05) is 29.8 Å². The number of hydrogen-bond acceptors (Lipinski definition) is 4. The van der Waals surface area contributed by atoms with Gasteiger partial charge in [-0.25, -0.2) is 4.39 Å². The topological polar surface area (TPSA) is 63.2 Å². The van der Waals surface area contributed by atoms with Crippen LogP contribution in [0.15, 0.2) is 48.5 Å². The molecule has 6 nitrogen and oxygen atoms in total. The van der Waals surface area contributed by atoms with E-state index in [0.717, 1.165) is 11.1 Å². The van der Waals surface area contributed by atoms with Crippen LogP contribution in [0, 0.1) is 17.5 Å². The second kappa shape index (κ2) is 8.79. The van der Waals surface area contributed by atoms with Crippen LogP contribution < -0.4 is 4.74 Å². The van der Waals surface area contributed by atoms with Crippen LogP contribution in [0.2, 0.25) is 0 Å². The molecule has 1 N–H and O–H groups in total. The molecule has 1 heterocycles. The quantitative estimate of drug-likeness (QED) is 0.616. The van der Waals surface area contributed by atoms with Crippen LogP contribution >= 0.6 is 12.2 Å². The van der Waals surface area contributed by atoms with E-state index >= 15 is 0 Å². The number of nitrogens with one attached hydrogen (secondary N) is 1. The first-order chi connectivity index (χ1) is 13.4. The van der Waals surface area contributed by atoms with Crippen LogP contribution in [0.5, 0.6) is 5.75 Å². The molecule has 0 spiro atoms. The summed E-state index contributed by atoms with van der Waals surface area (Å²) in [5.74, 6) is 0.740. The van der Waals surface area contributed by atoms with Crippen LogP contribution in [0.4, 0.5) is 4.39 Å². The second-order valence-electron chi connectivity index (χ2n) is 6.42. The molecule has 0 aliphatic rings. The van der Waals surface area contributed by atoms with E-state index < -0.39 is 0 Å². The van der Waals surface area contributed by atoms with Gasteiger partial charge in [-0.2, -0.15) is 5.10 Å². The van der Waals surface area contributed by atoms with Gasteiger partial charge in [-0.3, -0.25) is 14.5 Å². The molecule has 0 saturated carbocycles. The number of carbonyl (C=O) groups is 1. The van der Waals surface area contributed by atoms with Gasteiger partial charge in [0.25, 0.3) is 0 Å². The smallest absolute Gasteiger partial charge is 0.242 e. The van der Waals surface area contributed by atoms with Crippen LogP contribution in [0.3, 0.4) is 0 Å². The number of likely N-dealkylation sites (N-methyl/N-ethyl adjacent to an activating group) is 1. The lowest BCUT2D eigenvalue weighted by molar-refractivity contribution is -0.130. The number of aromatic nitrogens is 3. The van der Waals surface area contributed by atoms with Gasteiger partial charge in [0, 0.05) is 12.6 Å². The van der Waals surface area contributed by atoms with Crippen LogP contribution in [-0.2, 0) is 11.3 Å². The molecule has 0 atom stereocenters.